The summed E-state index contributed by atoms with van der Waals surface area (Å²) in [7, 11) is 0. The monoisotopic (exact) mass is 542 g/mol. The van der Waals surface area contributed by atoms with E-state index in [1.165, 1.54) is 6.92 Å². The maximum Gasteiger partial charge on any atom is 0.302 e. The highest BCUT2D eigenvalue weighted by Gasteiger charge is 2.32. The van der Waals surface area contributed by atoms with Gasteiger partial charge in [-0.1, -0.05) is 55.1 Å². The van der Waals surface area contributed by atoms with E-state index in [9.17, 15) is 14.3 Å². The third-order valence-corrected chi connectivity index (χ3v) is 6.98. The largest absolute Gasteiger partial charge is 0.490 e. The lowest BCUT2D eigenvalue weighted by atomic mass is 9.94. The Bertz CT molecular complexity index is 1210. The van der Waals surface area contributed by atoms with Gasteiger partial charge in [0.25, 0.3) is 0 Å². The Morgan fingerprint density at radius 3 is 2.61 bits per heavy atom. The molecule has 2 aliphatic rings. The molecule has 202 valence electrons. The van der Waals surface area contributed by atoms with E-state index in [2.05, 4.69) is 13.2 Å². The van der Waals surface area contributed by atoms with Crippen molar-refractivity contribution >= 4 is 17.6 Å². The molecule has 2 heterocycles. The molecule has 2 aromatic carbocycles. The fraction of sp³-hybridized carbons (Fsp3) is 0.367. The minimum absolute atomic E-state index is 0.145. The van der Waals surface area contributed by atoms with Crippen molar-refractivity contribution in [2.75, 3.05) is 13.2 Å². The van der Waals surface area contributed by atoms with Gasteiger partial charge in [0, 0.05) is 36.8 Å². The molecule has 0 aromatic heterocycles. The first-order chi connectivity index (χ1) is 18.2. The van der Waals surface area contributed by atoms with Crippen LogP contribution in [-0.2, 0) is 25.4 Å². The zero-order valence-corrected chi connectivity index (χ0v) is 22.1. The lowest BCUT2D eigenvalue weighted by molar-refractivity contribution is -0.162. The number of esters is 1. The Hall–Kier alpha value is -3.13. The maximum absolute atomic E-state index is 13.5. The molecule has 1 saturated heterocycles. The van der Waals surface area contributed by atoms with Gasteiger partial charge in [0.1, 0.15) is 24.6 Å². The maximum atomic E-state index is 13.5. The number of carbonyl (C=O) groups excluding carboxylic acids is 1. The Balaban J connectivity index is 1.37. The second-order valence-electron chi connectivity index (χ2n) is 9.52. The number of aliphatic hydroxyl groups excluding tert-OH is 1. The van der Waals surface area contributed by atoms with E-state index in [0.717, 1.165) is 16.7 Å². The Morgan fingerprint density at radius 2 is 1.97 bits per heavy atom. The van der Waals surface area contributed by atoms with Crippen molar-refractivity contribution < 1.29 is 33.2 Å². The number of benzene rings is 2. The molecule has 0 aliphatic carbocycles. The van der Waals surface area contributed by atoms with Crippen molar-refractivity contribution in [1.82, 2.24) is 0 Å². The van der Waals surface area contributed by atoms with Gasteiger partial charge in [-0.05, 0) is 41.3 Å². The predicted molar refractivity (Wildman–Crippen MR) is 143 cm³/mol. The van der Waals surface area contributed by atoms with Gasteiger partial charge in [-0.15, -0.1) is 0 Å². The van der Waals surface area contributed by atoms with Crippen LogP contribution in [0.5, 0.6) is 5.75 Å². The molecular formula is C30H32ClFO6. The number of ether oxygens (including phenoxy) is 4. The molecule has 6 nitrogen and oxygen atoms in total. The van der Waals surface area contributed by atoms with E-state index in [4.69, 9.17) is 30.5 Å². The molecule has 0 spiro atoms. The van der Waals surface area contributed by atoms with Gasteiger partial charge in [-0.25, -0.2) is 4.39 Å². The normalized spacial score (nSPS) is 23.1. The number of halogens is 2. The van der Waals surface area contributed by atoms with Crippen molar-refractivity contribution in [3.8, 4) is 5.75 Å². The van der Waals surface area contributed by atoms with Crippen LogP contribution in [0.2, 0.25) is 5.02 Å². The highest BCUT2D eigenvalue weighted by Crippen LogP contribution is 2.35. The van der Waals surface area contributed by atoms with Gasteiger partial charge < -0.3 is 24.1 Å². The van der Waals surface area contributed by atoms with E-state index in [1.807, 2.05) is 42.5 Å². The van der Waals surface area contributed by atoms with Gasteiger partial charge in [0.05, 0.1) is 18.8 Å². The van der Waals surface area contributed by atoms with Gasteiger partial charge in [0.15, 0.2) is 11.6 Å². The molecule has 1 N–H and O–H groups in total. The summed E-state index contributed by atoms with van der Waals surface area (Å²) in [5.41, 5.74) is 3.57. The highest BCUT2D eigenvalue weighted by molar-refractivity contribution is 6.31. The Kier molecular flexibility index (Phi) is 9.26. The van der Waals surface area contributed by atoms with Gasteiger partial charge in [0.2, 0.25) is 0 Å². The zero-order chi connectivity index (χ0) is 27.2. The van der Waals surface area contributed by atoms with Gasteiger partial charge in [-0.2, -0.15) is 0 Å². The van der Waals surface area contributed by atoms with Crippen molar-refractivity contribution in [3.05, 3.63) is 101 Å². The first-order valence-corrected chi connectivity index (χ1v) is 12.9. The minimum Gasteiger partial charge on any atom is -0.490 e. The standard InChI is InChI=1S/C30H32ClFO6/c1-4-21-13-27(38-30(21)18(2)32)17-35-24-8-5-20(6-9-24)11-23-12-22(7-10-28(23)31)29-15-25(36-19(3)34)14-26(16-33)37-29/h4-10,12,25-27,29,33H,1-2,11,13-17H2,3H3. The van der Waals surface area contributed by atoms with E-state index < -0.39 is 11.9 Å². The molecule has 4 atom stereocenters. The second-order valence-corrected chi connectivity index (χ2v) is 9.93. The molecule has 2 aliphatic heterocycles. The molecule has 8 heteroatoms. The third-order valence-electron chi connectivity index (χ3n) is 6.61. The van der Waals surface area contributed by atoms with Crippen molar-refractivity contribution in [2.24, 2.45) is 0 Å². The van der Waals surface area contributed by atoms with Crippen LogP contribution < -0.4 is 4.74 Å². The molecule has 0 saturated carbocycles. The zero-order valence-electron chi connectivity index (χ0n) is 21.3. The van der Waals surface area contributed by atoms with Crippen LogP contribution in [0, 0.1) is 0 Å². The van der Waals surface area contributed by atoms with Crippen LogP contribution >= 0.6 is 11.6 Å². The van der Waals surface area contributed by atoms with Crippen LogP contribution in [-0.4, -0.2) is 42.6 Å². The van der Waals surface area contributed by atoms with E-state index in [1.54, 1.807) is 6.08 Å². The summed E-state index contributed by atoms with van der Waals surface area (Å²) in [6.07, 6.45) is 2.33. The molecule has 0 amide bonds. The lowest BCUT2D eigenvalue weighted by Crippen LogP contribution is -2.35. The molecule has 4 rings (SSSR count). The molecule has 4 unspecified atom stereocenters. The molecule has 0 radical (unpaired) electrons. The number of hydrogen-bond donors (Lipinski definition) is 1. The van der Waals surface area contributed by atoms with Crippen LogP contribution in [0.3, 0.4) is 0 Å². The first kappa shape index (κ1) is 27.9. The SMILES string of the molecule is C=CC1=C(C(=C)F)OC(COc2ccc(Cc3cc(C4CC(OC(C)=O)CC(CO)O4)ccc3Cl)cc2)C1. The molecular weight excluding hydrogens is 511 g/mol. The number of aliphatic hydroxyl groups is 1. The lowest BCUT2D eigenvalue weighted by Gasteiger charge is -2.34. The van der Waals surface area contributed by atoms with Crippen LogP contribution in [0.15, 0.2) is 78.9 Å². The minimum atomic E-state index is -0.609. The smallest absolute Gasteiger partial charge is 0.302 e. The Morgan fingerprint density at radius 1 is 1.21 bits per heavy atom. The second kappa shape index (κ2) is 12.6. The quantitative estimate of drug-likeness (QED) is 0.362. The van der Waals surface area contributed by atoms with Crippen LogP contribution in [0.4, 0.5) is 4.39 Å². The summed E-state index contributed by atoms with van der Waals surface area (Å²) < 4.78 is 36.5. The van der Waals surface area contributed by atoms with Gasteiger partial charge in [-0.3, -0.25) is 4.79 Å². The van der Waals surface area contributed by atoms with E-state index in [0.29, 0.717) is 42.0 Å². The average molecular weight is 543 g/mol. The first-order valence-electron chi connectivity index (χ1n) is 12.6. The van der Waals surface area contributed by atoms with Crippen LogP contribution in [0.1, 0.15) is 49.0 Å². The topological polar surface area (TPSA) is 74.2 Å². The van der Waals surface area contributed by atoms with Crippen molar-refractivity contribution in [3.63, 3.8) is 0 Å². The molecule has 38 heavy (non-hydrogen) atoms. The van der Waals surface area contributed by atoms with Gasteiger partial charge >= 0.3 is 5.97 Å². The highest BCUT2D eigenvalue weighted by atomic mass is 35.5. The third kappa shape index (κ3) is 7.04. The average Bonchev–Trinajstić information content (AvgIpc) is 3.33. The fourth-order valence-electron chi connectivity index (χ4n) is 4.81. The molecule has 1 fully saturated rings. The van der Waals surface area contributed by atoms with Crippen molar-refractivity contribution in [1.29, 1.82) is 0 Å². The van der Waals surface area contributed by atoms with Crippen molar-refractivity contribution in [2.45, 2.75) is 57.0 Å². The Labute approximate surface area is 227 Å². The number of hydrogen-bond acceptors (Lipinski definition) is 6. The summed E-state index contributed by atoms with van der Waals surface area (Å²) in [6.45, 7) is 8.52. The molecule has 0 bridgehead atoms. The summed E-state index contributed by atoms with van der Waals surface area (Å²) in [6, 6.07) is 13.4. The number of allylic oxidation sites excluding steroid dienone is 2. The number of carbonyl (C=O) groups is 1. The molecule has 2 aromatic rings. The summed E-state index contributed by atoms with van der Waals surface area (Å²) in [4.78, 5) is 11.5. The summed E-state index contributed by atoms with van der Waals surface area (Å²) >= 11 is 6.52. The fourth-order valence-corrected chi connectivity index (χ4v) is 4.99. The van der Waals surface area contributed by atoms with E-state index >= 15 is 0 Å². The number of rotatable bonds is 10. The summed E-state index contributed by atoms with van der Waals surface area (Å²) in [5.74, 6) is -0.134. The van der Waals surface area contributed by atoms with Crippen LogP contribution in [0.25, 0.3) is 0 Å². The predicted octanol–water partition coefficient (Wildman–Crippen LogP) is 6.17. The van der Waals surface area contributed by atoms with E-state index in [-0.39, 0.29) is 43.3 Å². The summed E-state index contributed by atoms with van der Waals surface area (Å²) in [5, 5.41) is 10.3.